The first kappa shape index (κ1) is 11.9. The summed E-state index contributed by atoms with van der Waals surface area (Å²) in [5.41, 5.74) is 10.8. The first-order valence-electron chi connectivity index (χ1n) is 5.92. The van der Waals surface area contributed by atoms with Crippen LogP contribution in [0.3, 0.4) is 0 Å². The van der Waals surface area contributed by atoms with Gasteiger partial charge in [-0.1, -0.05) is 24.3 Å². The van der Waals surface area contributed by atoms with Crippen LogP contribution in [0.2, 0.25) is 0 Å². The van der Waals surface area contributed by atoms with E-state index in [2.05, 4.69) is 36.3 Å². The fraction of sp³-hybridized carbons (Fsp3) is 0.357. The zero-order chi connectivity index (χ0) is 12.4. The van der Waals surface area contributed by atoms with Gasteiger partial charge in [-0.3, -0.25) is 4.68 Å². The molecule has 1 atom stereocenters. The standard InChI is InChI=1S/C14H19N3/c1-10-6-4-5-7-12(10)13-9-16-17(3)14(13)8-11(2)15/h4-7,9,11H,8,15H2,1-3H3. The SMILES string of the molecule is Cc1ccccc1-c1cnn(C)c1CC(C)N. The molecule has 0 radical (unpaired) electrons. The van der Waals surface area contributed by atoms with E-state index in [4.69, 9.17) is 5.73 Å². The van der Waals surface area contributed by atoms with Crippen molar-refractivity contribution in [2.24, 2.45) is 12.8 Å². The zero-order valence-electron chi connectivity index (χ0n) is 10.6. The molecule has 1 aromatic carbocycles. The van der Waals surface area contributed by atoms with Gasteiger partial charge >= 0.3 is 0 Å². The van der Waals surface area contributed by atoms with Crippen molar-refractivity contribution < 1.29 is 0 Å². The lowest BCUT2D eigenvalue weighted by atomic mass is 9.99. The van der Waals surface area contributed by atoms with Gasteiger partial charge in [-0.05, 0) is 25.0 Å². The van der Waals surface area contributed by atoms with Crippen LogP contribution in [0.1, 0.15) is 18.2 Å². The second kappa shape index (κ2) is 4.72. The van der Waals surface area contributed by atoms with E-state index in [0.717, 1.165) is 6.42 Å². The molecule has 1 unspecified atom stereocenters. The molecule has 1 aromatic heterocycles. The van der Waals surface area contributed by atoms with Crippen LogP contribution in [0.15, 0.2) is 30.5 Å². The number of hydrogen-bond donors (Lipinski definition) is 1. The van der Waals surface area contributed by atoms with E-state index in [1.807, 2.05) is 24.9 Å². The van der Waals surface area contributed by atoms with E-state index in [0.29, 0.717) is 0 Å². The third-order valence-electron chi connectivity index (χ3n) is 3.01. The summed E-state index contributed by atoms with van der Waals surface area (Å²) in [6.45, 7) is 4.15. The van der Waals surface area contributed by atoms with Crippen molar-refractivity contribution in [3.63, 3.8) is 0 Å². The van der Waals surface area contributed by atoms with Crippen molar-refractivity contribution in [1.82, 2.24) is 9.78 Å². The Kier molecular flexibility index (Phi) is 3.29. The van der Waals surface area contributed by atoms with Crippen molar-refractivity contribution in [3.8, 4) is 11.1 Å². The van der Waals surface area contributed by atoms with E-state index >= 15 is 0 Å². The number of benzene rings is 1. The van der Waals surface area contributed by atoms with Gasteiger partial charge in [0.05, 0.1) is 6.20 Å². The third-order valence-corrected chi connectivity index (χ3v) is 3.01. The average molecular weight is 229 g/mol. The minimum Gasteiger partial charge on any atom is -0.328 e. The van der Waals surface area contributed by atoms with Crippen LogP contribution in [0.25, 0.3) is 11.1 Å². The summed E-state index contributed by atoms with van der Waals surface area (Å²) in [5.74, 6) is 0. The molecular weight excluding hydrogens is 210 g/mol. The Balaban J connectivity index is 2.49. The molecule has 1 heterocycles. The highest BCUT2D eigenvalue weighted by atomic mass is 15.3. The zero-order valence-corrected chi connectivity index (χ0v) is 10.6. The van der Waals surface area contributed by atoms with Crippen LogP contribution in [0, 0.1) is 6.92 Å². The summed E-state index contributed by atoms with van der Waals surface area (Å²) in [5, 5.41) is 4.35. The van der Waals surface area contributed by atoms with Crippen LogP contribution < -0.4 is 5.73 Å². The van der Waals surface area contributed by atoms with E-state index in [1.54, 1.807) is 0 Å². The summed E-state index contributed by atoms with van der Waals surface area (Å²) in [6.07, 6.45) is 2.78. The monoisotopic (exact) mass is 229 g/mol. The molecule has 0 saturated heterocycles. The number of aromatic nitrogens is 2. The number of rotatable bonds is 3. The quantitative estimate of drug-likeness (QED) is 0.877. The normalized spacial score (nSPS) is 12.7. The molecule has 2 aromatic rings. The third kappa shape index (κ3) is 2.39. The second-order valence-corrected chi connectivity index (χ2v) is 4.62. The summed E-state index contributed by atoms with van der Waals surface area (Å²) in [4.78, 5) is 0. The number of hydrogen-bond acceptors (Lipinski definition) is 2. The molecule has 3 nitrogen and oxygen atoms in total. The van der Waals surface area contributed by atoms with Gasteiger partial charge in [0.1, 0.15) is 0 Å². The van der Waals surface area contributed by atoms with Gasteiger partial charge in [-0.25, -0.2) is 0 Å². The molecule has 0 aliphatic carbocycles. The van der Waals surface area contributed by atoms with Crippen LogP contribution in [0.5, 0.6) is 0 Å². The molecule has 0 aliphatic rings. The highest BCUT2D eigenvalue weighted by Crippen LogP contribution is 2.26. The van der Waals surface area contributed by atoms with Gasteiger partial charge in [-0.15, -0.1) is 0 Å². The lowest BCUT2D eigenvalue weighted by Gasteiger charge is -2.10. The molecule has 0 spiro atoms. The molecule has 0 bridgehead atoms. The van der Waals surface area contributed by atoms with Crippen molar-refractivity contribution in [3.05, 3.63) is 41.7 Å². The Hall–Kier alpha value is -1.61. The first-order chi connectivity index (χ1) is 8.09. The number of aryl methyl sites for hydroxylation is 2. The average Bonchev–Trinajstić information content (AvgIpc) is 2.61. The molecule has 3 heteroatoms. The van der Waals surface area contributed by atoms with Crippen LogP contribution in [-0.2, 0) is 13.5 Å². The van der Waals surface area contributed by atoms with Gasteiger partial charge < -0.3 is 5.73 Å². The minimum atomic E-state index is 0.146. The van der Waals surface area contributed by atoms with Gasteiger partial charge in [0.15, 0.2) is 0 Å². The summed E-state index contributed by atoms with van der Waals surface area (Å²) in [7, 11) is 1.97. The first-order valence-corrected chi connectivity index (χ1v) is 5.92. The molecule has 90 valence electrons. The van der Waals surface area contributed by atoms with Gasteiger partial charge in [-0.2, -0.15) is 5.10 Å². The fourth-order valence-corrected chi connectivity index (χ4v) is 2.11. The Bertz CT molecular complexity index is 512. The Morgan fingerprint density at radius 1 is 1.29 bits per heavy atom. The Morgan fingerprint density at radius 3 is 2.65 bits per heavy atom. The molecule has 2 N–H and O–H groups in total. The molecule has 0 aliphatic heterocycles. The molecule has 0 fully saturated rings. The van der Waals surface area contributed by atoms with Gasteiger partial charge in [0.2, 0.25) is 0 Å². The van der Waals surface area contributed by atoms with Crippen molar-refractivity contribution >= 4 is 0 Å². The van der Waals surface area contributed by atoms with Crippen molar-refractivity contribution in [2.45, 2.75) is 26.3 Å². The molecule has 0 saturated carbocycles. The summed E-state index contributed by atoms with van der Waals surface area (Å²) >= 11 is 0. The molecule has 2 rings (SSSR count). The summed E-state index contributed by atoms with van der Waals surface area (Å²) < 4.78 is 1.92. The molecular formula is C14H19N3. The van der Waals surface area contributed by atoms with Gasteiger partial charge in [0, 0.05) is 30.8 Å². The van der Waals surface area contributed by atoms with E-state index in [9.17, 15) is 0 Å². The highest BCUT2D eigenvalue weighted by Gasteiger charge is 2.13. The lowest BCUT2D eigenvalue weighted by molar-refractivity contribution is 0.651. The Labute approximate surface area is 102 Å². The van der Waals surface area contributed by atoms with Crippen LogP contribution in [-0.4, -0.2) is 15.8 Å². The van der Waals surface area contributed by atoms with Crippen LogP contribution in [0.4, 0.5) is 0 Å². The fourth-order valence-electron chi connectivity index (χ4n) is 2.11. The highest BCUT2D eigenvalue weighted by molar-refractivity contribution is 5.68. The second-order valence-electron chi connectivity index (χ2n) is 4.62. The van der Waals surface area contributed by atoms with Crippen molar-refractivity contribution in [1.29, 1.82) is 0 Å². The number of nitrogens with zero attached hydrogens (tertiary/aromatic N) is 2. The maximum absolute atomic E-state index is 5.90. The smallest absolute Gasteiger partial charge is 0.0571 e. The maximum atomic E-state index is 5.90. The minimum absolute atomic E-state index is 0.146. The van der Waals surface area contributed by atoms with Crippen molar-refractivity contribution in [2.75, 3.05) is 0 Å². The topological polar surface area (TPSA) is 43.8 Å². The lowest BCUT2D eigenvalue weighted by Crippen LogP contribution is -2.20. The number of nitrogens with two attached hydrogens (primary N) is 1. The molecule has 0 amide bonds. The predicted molar refractivity (Wildman–Crippen MR) is 70.7 cm³/mol. The maximum Gasteiger partial charge on any atom is 0.0571 e. The Morgan fingerprint density at radius 2 is 2.00 bits per heavy atom. The van der Waals surface area contributed by atoms with E-state index in [1.165, 1.54) is 22.4 Å². The molecule has 17 heavy (non-hydrogen) atoms. The predicted octanol–water partition coefficient (Wildman–Crippen LogP) is 2.29. The largest absolute Gasteiger partial charge is 0.328 e. The van der Waals surface area contributed by atoms with E-state index in [-0.39, 0.29) is 6.04 Å². The van der Waals surface area contributed by atoms with Gasteiger partial charge in [0.25, 0.3) is 0 Å². The summed E-state index contributed by atoms with van der Waals surface area (Å²) in [6, 6.07) is 8.52. The van der Waals surface area contributed by atoms with Crippen LogP contribution >= 0.6 is 0 Å². The van der Waals surface area contributed by atoms with E-state index < -0.39 is 0 Å².